The molecule has 0 aliphatic heterocycles. The summed E-state index contributed by atoms with van der Waals surface area (Å²) >= 11 is 6.38. The van der Waals surface area contributed by atoms with E-state index >= 15 is 0 Å². The number of rotatable bonds is 4. The SMILES string of the molecule is N#Cc1c(N=Cc2cc(Br)c(O)c(Br)c2O)oc(-c2ccccc2)c1-c1ccccc1. The monoisotopic (exact) mass is 536 g/mol. The number of furan rings is 1. The van der Waals surface area contributed by atoms with Crippen LogP contribution in [0.2, 0.25) is 0 Å². The van der Waals surface area contributed by atoms with E-state index in [0.29, 0.717) is 21.4 Å². The third-order valence-corrected chi connectivity index (χ3v) is 5.97. The summed E-state index contributed by atoms with van der Waals surface area (Å²) in [6.45, 7) is 0. The summed E-state index contributed by atoms with van der Waals surface area (Å²) < 4.78 is 6.57. The van der Waals surface area contributed by atoms with Crippen LogP contribution >= 0.6 is 31.9 Å². The van der Waals surface area contributed by atoms with E-state index in [4.69, 9.17) is 4.42 Å². The summed E-state index contributed by atoms with van der Waals surface area (Å²) in [5, 5.41) is 30.1. The lowest BCUT2D eigenvalue weighted by atomic mass is 9.98. The van der Waals surface area contributed by atoms with Crippen LogP contribution in [-0.2, 0) is 0 Å². The number of phenolic OH excluding ortho intramolecular Hbond substituents is 2. The normalized spacial score (nSPS) is 11.0. The first-order valence-corrected chi connectivity index (χ1v) is 10.7. The van der Waals surface area contributed by atoms with Crippen LogP contribution in [0.4, 0.5) is 5.88 Å². The molecular formula is C24H14Br2N2O3. The van der Waals surface area contributed by atoms with Gasteiger partial charge in [-0.3, -0.25) is 0 Å². The van der Waals surface area contributed by atoms with Crippen molar-refractivity contribution in [1.82, 2.24) is 0 Å². The van der Waals surface area contributed by atoms with Crippen LogP contribution in [0.5, 0.6) is 11.5 Å². The van der Waals surface area contributed by atoms with Crippen LogP contribution in [0.15, 0.2) is 85.1 Å². The third kappa shape index (κ3) is 4.00. The Morgan fingerprint density at radius 1 is 0.903 bits per heavy atom. The van der Waals surface area contributed by atoms with Gasteiger partial charge in [-0.25, -0.2) is 4.99 Å². The minimum absolute atomic E-state index is 0.122. The molecule has 152 valence electrons. The van der Waals surface area contributed by atoms with Gasteiger partial charge in [-0.05, 0) is 43.5 Å². The molecule has 0 aliphatic carbocycles. The number of benzene rings is 3. The van der Waals surface area contributed by atoms with Crippen LogP contribution in [0, 0.1) is 11.3 Å². The number of halogens is 2. The molecule has 1 aromatic heterocycles. The van der Waals surface area contributed by atoms with Gasteiger partial charge in [0.2, 0.25) is 5.88 Å². The first kappa shape index (κ1) is 20.9. The molecule has 0 amide bonds. The maximum atomic E-state index is 10.3. The molecule has 4 aromatic rings. The summed E-state index contributed by atoms with van der Waals surface area (Å²) in [4.78, 5) is 4.35. The van der Waals surface area contributed by atoms with Crippen molar-refractivity contribution in [3.63, 3.8) is 0 Å². The summed E-state index contributed by atoms with van der Waals surface area (Å²) in [7, 11) is 0. The molecule has 0 saturated carbocycles. The number of nitrogens with zero attached hydrogens (tertiary/aromatic N) is 2. The number of phenols is 2. The average molecular weight is 538 g/mol. The van der Waals surface area contributed by atoms with Gasteiger partial charge in [0.15, 0.2) is 0 Å². The maximum absolute atomic E-state index is 10.3. The van der Waals surface area contributed by atoms with Crippen molar-refractivity contribution >= 4 is 44.0 Å². The fourth-order valence-electron chi connectivity index (χ4n) is 3.13. The van der Waals surface area contributed by atoms with E-state index in [9.17, 15) is 15.5 Å². The van der Waals surface area contributed by atoms with Gasteiger partial charge in [-0.2, -0.15) is 5.26 Å². The Hall–Kier alpha value is -3.34. The summed E-state index contributed by atoms with van der Waals surface area (Å²) in [6, 6.07) is 22.7. The predicted octanol–water partition coefficient (Wildman–Crippen LogP) is 7.17. The maximum Gasteiger partial charge on any atom is 0.238 e. The molecule has 4 rings (SSSR count). The molecule has 0 radical (unpaired) electrons. The van der Waals surface area contributed by atoms with Crippen LogP contribution in [0.1, 0.15) is 11.1 Å². The van der Waals surface area contributed by atoms with Gasteiger partial charge in [-0.15, -0.1) is 0 Å². The third-order valence-electron chi connectivity index (χ3n) is 4.62. The molecule has 3 aromatic carbocycles. The minimum atomic E-state index is -0.180. The van der Waals surface area contributed by atoms with Crippen molar-refractivity contribution in [3.8, 4) is 40.0 Å². The Labute approximate surface area is 195 Å². The van der Waals surface area contributed by atoms with Gasteiger partial charge >= 0.3 is 0 Å². The van der Waals surface area contributed by atoms with E-state index in [2.05, 4.69) is 42.9 Å². The fraction of sp³-hybridized carbons (Fsp3) is 0. The van der Waals surface area contributed by atoms with Crippen molar-refractivity contribution < 1.29 is 14.6 Å². The zero-order valence-electron chi connectivity index (χ0n) is 15.9. The molecule has 0 unspecified atom stereocenters. The lowest BCUT2D eigenvalue weighted by Crippen LogP contribution is -1.86. The Morgan fingerprint density at radius 2 is 1.52 bits per heavy atom. The quantitative estimate of drug-likeness (QED) is 0.270. The zero-order valence-corrected chi connectivity index (χ0v) is 19.1. The first-order valence-electron chi connectivity index (χ1n) is 9.13. The largest absolute Gasteiger partial charge is 0.506 e. The first-order chi connectivity index (χ1) is 15.0. The number of aromatic hydroxyl groups is 2. The van der Waals surface area contributed by atoms with Gasteiger partial charge in [0, 0.05) is 22.9 Å². The van der Waals surface area contributed by atoms with Crippen molar-refractivity contribution in [2.75, 3.05) is 0 Å². The van der Waals surface area contributed by atoms with E-state index in [0.717, 1.165) is 11.1 Å². The van der Waals surface area contributed by atoms with Crippen LogP contribution in [0.3, 0.4) is 0 Å². The number of aliphatic imine (C=N–C) groups is 1. The zero-order chi connectivity index (χ0) is 22.0. The lowest BCUT2D eigenvalue weighted by Gasteiger charge is -2.05. The molecule has 1 heterocycles. The van der Waals surface area contributed by atoms with Crippen LogP contribution < -0.4 is 0 Å². The molecule has 0 spiro atoms. The molecule has 0 saturated heterocycles. The average Bonchev–Trinajstić information content (AvgIpc) is 3.19. The highest BCUT2D eigenvalue weighted by atomic mass is 79.9. The van der Waals surface area contributed by atoms with E-state index in [1.807, 2.05) is 60.7 Å². The predicted molar refractivity (Wildman–Crippen MR) is 127 cm³/mol. The van der Waals surface area contributed by atoms with E-state index in [1.165, 1.54) is 12.3 Å². The van der Waals surface area contributed by atoms with Crippen molar-refractivity contribution in [3.05, 3.63) is 86.8 Å². The smallest absolute Gasteiger partial charge is 0.238 e. The van der Waals surface area contributed by atoms with Crippen LogP contribution in [-0.4, -0.2) is 16.4 Å². The highest BCUT2D eigenvalue weighted by molar-refractivity contribution is 9.11. The number of hydrogen-bond donors (Lipinski definition) is 2. The van der Waals surface area contributed by atoms with Crippen LogP contribution in [0.25, 0.3) is 22.5 Å². The molecule has 0 atom stereocenters. The molecule has 2 N–H and O–H groups in total. The topological polar surface area (TPSA) is 89.8 Å². The summed E-state index contributed by atoms with van der Waals surface area (Å²) in [5.74, 6) is 0.358. The molecule has 31 heavy (non-hydrogen) atoms. The molecule has 0 bridgehead atoms. The standard InChI is InChI=1S/C24H14Br2N2O3/c25-18-11-16(21(29)20(26)22(18)30)13-28-24-17(12-27)19(14-7-3-1-4-8-14)23(31-24)15-9-5-2-6-10-15/h1-11,13,29-30H. The molecule has 0 aliphatic rings. The highest BCUT2D eigenvalue weighted by Gasteiger charge is 2.23. The Kier molecular flexibility index (Phi) is 5.94. The Morgan fingerprint density at radius 3 is 2.13 bits per heavy atom. The lowest BCUT2D eigenvalue weighted by molar-refractivity contribution is 0.442. The molecule has 0 fully saturated rings. The number of nitriles is 1. The van der Waals surface area contributed by atoms with Gasteiger partial charge in [0.1, 0.15) is 33.4 Å². The van der Waals surface area contributed by atoms with Gasteiger partial charge in [0.05, 0.1) is 4.47 Å². The van der Waals surface area contributed by atoms with Crippen molar-refractivity contribution in [2.24, 2.45) is 4.99 Å². The molecule has 7 heteroatoms. The van der Waals surface area contributed by atoms with E-state index in [-0.39, 0.29) is 27.4 Å². The van der Waals surface area contributed by atoms with Gasteiger partial charge in [-0.1, -0.05) is 60.7 Å². The number of hydrogen-bond acceptors (Lipinski definition) is 5. The van der Waals surface area contributed by atoms with Crippen molar-refractivity contribution in [1.29, 1.82) is 5.26 Å². The van der Waals surface area contributed by atoms with Gasteiger partial charge in [0.25, 0.3) is 0 Å². The van der Waals surface area contributed by atoms with E-state index in [1.54, 1.807) is 0 Å². The second kappa shape index (κ2) is 8.80. The molecule has 5 nitrogen and oxygen atoms in total. The highest BCUT2D eigenvalue weighted by Crippen LogP contribution is 2.43. The van der Waals surface area contributed by atoms with Crippen molar-refractivity contribution in [2.45, 2.75) is 0 Å². The summed E-state index contributed by atoms with van der Waals surface area (Å²) in [6.07, 6.45) is 1.38. The minimum Gasteiger partial charge on any atom is -0.506 e. The second-order valence-electron chi connectivity index (χ2n) is 6.55. The van der Waals surface area contributed by atoms with Gasteiger partial charge < -0.3 is 14.6 Å². The molecular weight excluding hydrogens is 524 g/mol. The fourth-order valence-corrected chi connectivity index (χ4v) is 4.28. The Balaban J connectivity index is 1.90. The Bertz CT molecular complexity index is 1320. The summed E-state index contributed by atoms with van der Waals surface area (Å²) in [5.41, 5.74) is 2.93. The van der Waals surface area contributed by atoms with E-state index < -0.39 is 0 Å². The second-order valence-corrected chi connectivity index (χ2v) is 8.19.